The highest BCUT2D eigenvalue weighted by Gasteiger charge is 2.29. The molecule has 0 aromatic heterocycles. The van der Waals surface area contributed by atoms with Crippen molar-refractivity contribution < 1.29 is 0 Å². The fourth-order valence-electron chi connectivity index (χ4n) is 1.25. The maximum atomic E-state index is 5.35. The molecule has 0 rings (SSSR count). The van der Waals surface area contributed by atoms with Crippen molar-refractivity contribution in [3.05, 3.63) is 0 Å². The van der Waals surface area contributed by atoms with E-state index >= 15 is 0 Å². The highest BCUT2D eigenvalue weighted by molar-refractivity contribution is 4.99. The molecule has 1 N–H and O–H groups in total. The Labute approximate surface area is 82.7 Å². The topological polar surface area (TPSA) is 15.3 Å². The normalized spacial score (nSPS) is 14.2. The van der Waals surface area contributed by atoms with E-state index in [1.54, 1.807) is 0 Å². The zero-order valence-electron chi connectivity index (χ0n) is 9.52. The van der Waals surface area contributed by atoms with Crippen LogP contribution in [0.1, 0.15) is 27.2 Å². The lowest BCUT2D eigenvalue weighted by Gasteiger charge is -2.39. The number of likely N-dealkylation sites (N-methyl/N-ethyl adjacent to an activating group) is 2. The minimum absolute atomic E-state index is 0.0996. The van der Waals surface area contributed by atoms with Gasteiger partial charge in [0, 0.05) is 18.0 Å². The van der Waals surface area contributed by atoms with Crippen LogP contribution in [0.4, 0.5) is 0 Å². The van der Waals surface area contributed by atoms with E-state index in [2.05, 4.69) is 51.0 Å². The summed E-state index contributed by atoms with van der Waals surface area (Å²) in [6.45, 7) is 7.48. The average molecular weight is 182 g/mol. The van der Waals surface area contributed by atoms with Crippen LogP contribution in [0.15, 0.2) is 0 Å². The van der Waals surface area contributed by atoms with E-state index in [9.17, 15) is 0 Å². The Kier molecular flexibility index (Phi) is 5.05. The molecule has 0 aromatic carbocycles. The first-order valence-corrected chi connectivity index (χ1v) is 4.81. The van der Waals surface area contributed by atoms with Gasteiger partial charge < -0.3 is 10.2 Å². The molecule has 0 saturated heterocycles. The lowest BCUT2D eigenvalue weighted by Crippen LogP contribution is -2.54. The monoisotopic (exact) mass is 182 g/mol. The van der Waals surface area contributed by atoms with Crippen molar-refractivity contribution in [2.45, 2.75) is 38.8 Å². The van der Waals surface area contributed by atoms with Crippen LogP contribution in [-0.4, -0.2) is 37.1 Å². The fourth-order valence-corrected chi connectivity index (χ4v) is 1.25. The Morgan fingerprint density at radius 2 is 2.00 bits per heavy atom. The van der Waals surface area contributed by atoms with Crippen molar-refractivity contribution in [1.82, 2.24) is 10.2 Å². The van der Waals surface area contributed by atoms with Gasteiger partial charge in [-0.05, 0) is 34.5 Å². The molecule has 0 aliphatic heterocycles. The van der Waals surface area contributed by atoms with Crippen LogP contribution in [0.2, 0.25) is 0 Å². The number of terminal acetylenes is 1. The zero-order valence-corrected chi connectivity index (χ0v) is 9.52. The summed E-state index contributed by atoms with van der Waals surface area (Å²) in [4.78, 5) is 2.21. The van der Waals surface area contributed by atoms with Crippen LogP contribution in [0.5, 0.6) is 0 Å². The van der Waals surface area contributed by atoms with Gasteiger partial charge in [0.05, 0.1) is 0 Å². The lowest BCUT2D eigenvalue weighted by molar-refractivity contribution is 0.140. The van der Waals surface area contributed by atoms with Crippen LogP contribution in [-0.2, 0) is 0 Å². The molecule has 2 heteroatoms. The van der Waals surface area contributed by atoms with Gasteiger partial charge in [-0.1, -0.05) is 6.92 Å². The van der Waals surface area contributed by atoms with Gasteiger partial charge in [0.25, 0.3) is 0 Å². The predicted octanol–water partition coefficient (Wildman–Crippen LogP) is 1.33. The van der Waals surface area contributed by atoms with E-state index in [1.807, 2.05) is 0 Å². The van der Waals surface area contributed by atoms with Crippen molar-refractivity contribution in [1.29, 1.82) is 0 Å². The number of rotatable bonds is 5. The molecular weight excluding hydrogens is 160 g/mol. The third-order valence-corrected chi connectivity index (χ3v) is 2.78. The standard InChI is InChI=1S/C11H22N2/c1-7-9-10(12-8-2)11(3,4)13(5)6/h1,10,12H,8-9H2,2-6H3. The van der Waals surface area contributed by atoms with E-state index in [0.29, 0.717) is 6.04 Å². The predicted molar refractivity (Wildman–Crippen MR) is 58.7 cm³/mol. The molecule has 0 fully saturated rings. The first-order valence-electron chi connectivity index (χ1n) is 4.81. The maximum Gasteiger partial charge on any atom is 0.0356 e. The molecule has 0 saturated carbocycles. The molecule has 0 spiro atoms. The third-order valence-electron chi connectivity index (χ3n) is 2.78. The zero-order chi connectivity index (χ0) is 10.5. The second-order valence-electron chi connectivity index (χ2n) is 4.07. The van der Waals surface area contributed by atoms with E-state index < -0.39 is 0 Å². The van der Waals surface area contributed by atoms with Crippen molar-refractivity contribution in [2.75, 3.05) is 20.6 Å². The molecule has 76 valence electrons. The largest absolute Gasteiger partial charge is 0.312 e. The van der Waals surface area contributed by atoms with E-state index in [1.165, 1.54) is 0 Å². The molecule has 0 aromatic rings. The number of hydrogen-bond acceptors (Lipinski definition) is 2. The molecular formula is C11H22N2. The van der Waals surface area contributed by atoms with E-state index in [4.69, 9.17) is 6.42 Å². The lowest BCUT2D eigenvalue weighted by atomic mass is 9.91. The van der Waals surface area contributed by atoms with Gasteiger partial charge in [0.2, 0.25) is 0 Å². The quantitative estimate of drug-likeness (QED) is 0.645. The molecule has 0 radical (unpaired) electrons. The molecule has 1 unspecified atom stereocenters. The Bertz CT molecular complexity index is 177. The van der Waals surface area contributed by atoms with Crippen LogP contribution < -0.4 is 5.32 Å². The fraction of sp³-hybridized carbons (Fsp3) is 0.818. The van der Waals surface area contributed by atoms with Crippen LogP contribution >= 0.6 is 0 Å². The van der Waals surface area contributed by atoms with Gasteiger partial charge in [0.15, 0.2) is 0 Å². The summed E-state index contributed by atoms with van der Waals surface area (Å²) in [6, 6.07) is 0.359. The smallest absolute Gasteiger partial charge is 0.0356 e. The number of nitrogens with one attached hydrogen (secondary N) is 1. The molecule has 0 aliphatic carbocycles. The van der Waals surface area contributed by atoms with Gasteiger partial charge in [-0.15, -0.1) is 12.3 Å². The number of nitrogens with zero attached hydrogens (tertiary/aromatic N) is 1. The third kappa shape index (κ3) is 3.38. The Hall–Kier alpha value is -0.520. The van der Waals surface area contributed by atoms with Crippen molar-refractivity contribution in [3.63, 3.8) is 0 Å². The average Bonchev–Trinajstić information content (AvgIpc) is 2.03. The van der Waals surface area contributed by atoms with Crippen LogP contribution in [0.25, 0.3) is 0 Å². The summed E-state index contributed by atoms with van der Waals surface area (Å²) < 4.78 is 0. The van der Waals surface area contributed by atoms with Crippen molar-refractivity contribution in [3.8, 4) is 12.3 Å². The maximum absolute atomic E-state index is 5.35. The summed E-state index contributed by atoms with van der Waals surface area (Å²) in [5.74, 6) is 2.72. The van der Waals surface area contributed by atoms with Gasteiger partial charge in [-0.3, -0.25) is 0 Å². The Morgan fingerprint density at radius 1 is 1.46 bits per heavy atom. The molecule has 0 aliphatic rings. The highest BCUT2D eigenvalue weighted by atomic mass is 15.2. The number of hydrogen-bond donors (Lipinski definition) is 1. The summed E-state index contributed by atoms with van der Waals surface area (Å²) in [5, 5.41) is 3.42. The summed E-state index contributed by atoms with van der Waals surface area (Å²) >= 11 is 0. The minimum Gasteiger partial charge on any atom is -0.312 e. The van der Waals surface area contributed by atoms with Crippen LogP contribution in [0, 0.1) is 12.3 Å². The highest BCUT2D eigenvalue weighted by Crippen LogP contribution is 2.17. The second-order valence-corrected chi connectivity index (χ2v) is 4.07. The molecule has 0 heterocycles. The first kappa shape index (κ1) is 12.5. The molecule has 2 nitrogen and oxygen atoms in total. The molecule has 1 atom stereocenters. The summed E-state index contributed by atoms with van der Waals surface area (Å²) in [7, 11) is 4.17. The van der Waals surface area contributed by atoms with Crippen molar-refractivity contribution >= 4 is 0 Å². The summed E-state index contributed by atoms with van der Waals surface area (Å²) in [6.07, 6.45) is 6.12. The van der Waals surface area contributed by atoms with Gasteiger partial charge in [-0.2, -0.15) is 0 Å². The molecule has 13 heavy (non-hydrogen) atoms. The molecule has 0 bridgehead atoms. The van der Waals surface area contributed by atoms with E-state index in [0.717, 1.165) is 13.0 Å². The van der Waals surface area contributed by atoms with Gasteiger partial charge in [0.1, 0.15) is 0 Å². The minimum atomic E-state index is 0.0996. The summed E-state index contributed by atoms with van der Waals surface area (Å²) in [5.41, 5.74) is 0.0996. The Balaban J connectivity index is 4.43. The first-order chi connectivity index (χ1) is 5.96. The van der Waals surface area contributed by atoms with Gasteiger partial charge in [-0.25, -0.2) is 0 Å². The SMILES string of the molecule is C#CCC(NCC)C(C)(C)N(C)C. The second kappa shape index (κ2) is 5.26. The van der Waals surface area contributed by atoms with Crippen LogP contribution in [0.3, 0.4) is 0 Å². The van der Waals surface area contributed by atoms with Gasteiger partial charge >= 0.3 is 0 Å². The van der Waals surface area contributed by atoms with E-state index in [-0.39, 0.29) is 5.54 Å². The molecule has 0 amide bonds. The van der Waals surface area contributed by atoms with Crippen molar-refractivity contribution in [2.24, 2.45) is 0 Å². The Morgan fingerprint density at radius 3 is 2.31 bits per heavy atom.